The van der Waals surface area contributed by atoms with Crippen LogP contribution in [0.3, 0.4) is 0 Å². The summed E-state index contributed by atoms with van der Waals surface area (Å²) in [5, 5.41) is 6.84. The highest BCUT2D eigenvalue weighted by Gasteiger charge is 2.31. The number of likely N-dealkylation sites (tertiary alicyclic amines) is 1. The van der Waals surface area contributed by atoms with E-state index in [-0.39, 0.29) is 6.03 Å². The average molecular weight is 317 g/mol. The van der Waals surface area contributed by atoms with Crippen molar-refractivity contribution in [3.05, 3.63) is 24.5 Å². The monoisotopic (exact) mass is 317 g/mol. The molecule has 122 valence electrons. The summed E-state index contributed by atoms with van der Waals surface area (Å²) in [5.41, 5.74) is 0.818. The summed E-state index contributed by atoms with van der Waals surface area (Å²) < 4.78 is 10.3. The maximum atomic E-state index is 11.7. The maximum Gasteiger partial charge on any atom is 0.317 e. The van der Waals surface area contributed by atoms with Crippen LogP contribution < -0.4 is 5.32 Å². The topological polar surface area (TPSA) is 87.6 Å². The van der Waals surface area contributed by atoms with Crippen LogP contribution >= 0.6 is 0 Å². The van der Waals surface area contributed by atoms with Crippen molar-refractivity contribution in [1.82, 2.24) is 25.3 Å². The third kappa shape index (κ3) is 2.94. The summed E-state index contributed by atoms with van der Waals surface area (Å²) >= 11 is 0. The normalized spacial score (nSPS) is 20.2. The van der Waals surface area contributed by atoms with Gasteiger partial charge in [-0.2, -0.15) is 4.98 Å². The molecule has 0 radical (unpaired) electrons. The molecule has 0 unspecified atom stereocenters. The predicted octanol–water partition coefficient (Wildman–Crippen LogP) is 1.32. The fourth-order valence-electron chi connectivity index (χ4n) is 3.24. The molecule has 23 heavy (non-hydrogen) atoms. The van der Waals surface area contributed by atoms with E-state index in [9.17, 15) is 4.79 Å². The van der Waals surface area contributed by atoms with Gasteiger partial charge in [0.2, 0.25) is 11.7 Å². The SMILES string of the molecule is O=C1NCCN1C1CCN(Cc2nc(-c3ccoc3)no2)CC1. The minimum absolute atomic E-state index is 0.0742. The van der Waals surface area contributed by atoms with E-state index in [1.165, 1.54) is 0 Å². The second-order valence-corrected chi connectivity index (χ2v) is 5.96. The second kappa shape index (κ2) is 6.04. The van der Waals surface area contributed by atoms with Gasteiger partial charge in [0.25, 0.3) is 0 Å². The molecular weight excluding hydrogens is 298 g/mol. The molecule has 4 heterocycles. The Balaban J connectivity index is 1.32. The summed E-state index contributed by atoms with van der Waals surface area (Å²) in [6.07, 6.45) is 5.15. The highest BCUT2D eigenvalue weighted by atomic mass is 16.5. The van der Waals surface area contributed by atoms with Gasteiger partial charge in [-0.1, -0.05) is 5.16 Å². The van der Waals surface area contributed by atoms with Gasteiger partial charge >= 0.3 is 6.03 Å². The number of urea groups is 1. The highest BCUT2D eigenvalue weighted by molar-refractivity contribution is 5.76. The quantitative estimate of drug-likeness (QED) is 0.915. The number of carbonyl (C=O) groups excluding carboxylic acids is 1. The van der Waals surface area contributed by atoms with Crippen LogP contribution in [-0.2, 0) is 6.54 Å². The van der Waals surface area contributed by atoms with E-state index in [0.717, 1.165) is 44.6 Å². The second-order valence-electron chi connectivity index (χ2n) is 5.96. The Morgan fingerprint density at radius 1 is 1.30 bits per heavy atom. The number of hydrogen-bond donors (Lipinski definition) is 1. The van der Waals surface area contributed by atoms with Crippen molar-refractivity contribution >= 4 is 6.03 Å². The van der Waals surface area contributed by atoms with Crippen molar-refractivity contribution in [2.24, 2.45) is 0 Å². The molecule has 2 aromatic heterocycles. The summed E-state index contributed by atoms with van der Waals surface area (Å²) in [4.78, 5) is 20.4. The van der Waals surface area contributed by atoms with Gasteiger partial charge in [0.1, 0.15) is 6.26 Å². The van der Waals surface area contributed by atoms with Crippen molar-refractivity contribution in [2.75, 3.05) is 26.2 Å². The Morgan fingerprint density at radius 3 is 2.87 bits per heavy atom. The molecule has 2 aliphatic heterocycles. The first-order chi connectivity index (χ1) is 11.3. The van der Waals surface area contributed by atoms with E-state index in [1.54, 1.807) is 18.6 Å². The molecule has 2 aliphatic rings. The first kappa shape index (κ1) is 14.3. The number of nitrogens with zero attached hydrogens (tertiary/aromatic N) is 4. The molecule has 0 spiro atoms. The van der Waals surface area contributed by atoms with Gasteiger partial charge in [0.15, 0.2) is 0 Å². The minimum atomic E-state index is 0.0742. The third-order valence-electron chi connectivity index (χ3n) is 4.49. The van der Waals surface area contributed by atoms with Crippen LogP contribution in [0.25, 0.3) is 11.4 Å². The number of furan rings is 1. The zero-order valence-corrected chi connectivity index (χ0v) is 12.8. The molecule has 0 saturated carbocycles. The molecule has 8 heteroatoms. The Kier molecular flexibility index (Phi) is 3.74. The van der Waals surface area contributed by atoms with Gasteiger partial charge in [-0.15, -0.1) is 0 Å². The maximum absolute atomic E-state index is 11.7. The summed E-state index contributed by atoms with van der Waals surface area (Å²) in [5.74, 6) is 1.16. The van der Waals surface area contributed by atoms with Gasteiger partial charge in [-0.25, -0.2) is 4.79 Å². The minimum Gasteiger partial charge on any atom is -0.472 e. The Bertz CT molecular complexity index is 660. The number of rotatable bonds is 4. The van der Waals surface area contributed by atoms with Crippen LogP contribution in [0.2, 0.25) is 0 Å². The van der Waals surface area contributed by atoms with Gasteiger partial charge in [-0.05, 0) is 18.9 Å². The molecular formula is C15H19N5O3. The lowest BCUT2D eigenvalue weighted by atomic mass is 10.0. The first-order valence-corrected chi connectivity index (χ1v) is 7.91. The fourth-order valence-corrected chi connectivity index (χ4v) is 3.24. The van der Waals surface area contributed by atoms with Crippen LogP contribution in [0.5, 0.6) is 0 Å². The van der Waals surface area contributed by atoms with E-state index < -0.39 is 0 Å². The first-order valence-electron chi connectivity index (χ1n) is 7.91. The molecule has 8 nitrogen and oxygen atoms in total. The standard InChI is InChI=1S/C15H19N5O3/c21-15-16-4-7-20(15)12-1-5-19(6-2-12)9-13-17-14(18-23-13)11-3-8-22-10-11/h3,8,10,12H,1-2,4-7,9H2,(H,16,21). The number of carbonyl (C=O) groups is 1. The Hall–Kier alpha value is -2.35. The largest absolute Gasteiger partial charge is 0.472 e. The molecule has 1 N–H and O–H groups in total. The van der Waals surface area contributed by atoms with Gasteiger partial charge in [-0.3, -0.25) is 4.90 Å². The molecule has 0 aliphatic carbocycles. The molecule has 0 aromatic carbocycles. The summed E-state index contributed by atoms with van der Waals surface area (Å²) in [7, 11) is 0. The number of hydrogen-bond acceptors (Lipinski definition) is 6. The van der Waals surface area contributed by atoms with Crippen LogP contribution in [0, 0.1) is 0 Å². The smallest absolute Gasteiger partial charge is 0.317 e. The fraction of sp³-hybridized carbons (Fsp3) is 0.533. The number of piperidine rings is 1. The lowest BCUT2D eigenvalue weighted by molar-refractivity contribution is 0.123. The highest BCUT2D eigenvalue weighted by Crippen LogP contribution is 2.21. The predicted molar refractivity (Wildman–Crippen MR) is 80.4 cm³/mol. The van der Waals surface area contributed by atoms with E-state index in [4.69, 9.17) is 8.94 Å². The van der Waals surface area contributed by atoms with Crippen molar-refractivity contribution in [3.63, 3.8) is 0 Å². The average Bonchev–Trinajstić information content (AvgIpc) is 3.29. The zero-order chi connectivity index (χ0) is 15.6. The summed E-state index contributed by atoms with van der Waals surface area (Å²) in [6.45, 7) is 4.08. The zero-order valence-electron chi connectivity index (χ0n) is 12.8. The van der Waals surface area contributed by atoms with Crippen LogP contribution in [0.4, 0.5) is 4.79 Å². The third-order valence-corrected chi connectivity index (χ3v) is 4.49. The van der Waals surface area contributed by atoms with Crippen LogP contribution in [0.1, 0.15) is 18.7 Å². The molecule has 2 fully saturated rings. The number of nitrogens with one attached hydrogen (secondary N) is 1. The molecule has 0 atom stereocenters. The lowest BCUT2D eigenvalue weighted by Crippen LogP contribution is -2.45. The van der Waals surface area contributed by atoms with E-state index in [2.05, 4.69) is 20.4 Å². The van der Waals surface area contributed by atoms with E-state index in [1.807, 2.05) is 4.90 Å². The lowest BCUT2D eigenvalue weighted by Gasteiger charge is -2.35. The van der Waals surface area contributed by atoms with Crippen molar-refractivity contribution in [3.8, 4) is 11.4 Å². The van der Waals surface area contributed by atoms with Crippen molar-refractivity contribution in [2.45, 2.75) is 25.4 Å². The number of aromatic nitrogens is 2. The molecule has 4 rings (SSSR count). The van der Waals surface area contributed by atoms with E-state index in [0.29, 0.717) is 24.3 Å². The molecule has 2 aromatic rings. The Labute approximate surface area is 133 Å². The van der Waals surface area contributed by atoms with E-state index >= 15 is 0 Å². The molecule has 2 saturated heterocycles. The van der Waals surface area contributed by atoms with Crippen LogP contribution in [-0.4, -0.2) is 58.2 Å². The van der Waals surface area contributed by atoms with Crippen molar-refractivity contribution < 1.29 is 13.7 Å². The summed E-state index contributed by atoms with van der Waals surface area (Å²) in [6, 6.07) is 2.23. The van der Waals surface area contributed by atoms with Gasteiger partial charge in [0.05, 0.1) is 18.4 Å². The van der Waals surface area contributed by atoms with Crippen molar-refractivity contribution in [1.29, 1.82) is 0 Å². The van der Waals surface area contributed by atoms with Gasteiger partial charge in [0, 0.05) is 32.2 Å². The number of amides is 2. The van der Waals surface area contributed by atoms with Crippen LogP contribution in [0.15, 0.2) is 27.5 Å². The Morgan fingerprint density at radius 2 is 2.17 bits per heavy atom. The van der Waals surface area contributed by atoms with Gasteiger partial charge < -0.3 is 19.2 Å². The molecule has 2 amide bonds. The molecule has 0 bridgehead atoms.